The molecule has 0 amide bonds. The van der Waals surface area contributed by atoms with Crippen molar-refractivity contribution in [2.75, 3.05) is 25.2 Å². The summed E-state index contributed by atoms with van der Waals surface area (Å²) < 4.78 is 33.1. The number of hydrogen-bond donors (Lipinski definition) is 0. The van der Waals surface area contributed by atoms with Gasteiger partial charge in [0.25, 0.3) is 0 Å². The molecule has 7 rings (SSSR count). The average molecular weight is 583 g/mol. The lowest BCUT2D eigenvalue weighted by atomic mass is 10.1. The highest BCUT2D eigenvalue weighted by atomic mass is 19.1. The number of imidazole rings is 1. The summed E-state index contributed by atoms with van der Waals surface area (Å²) in [7, 11) is 1.39. The predicted molar refractivity (Wildman–Crippen MR) is 155 cm³/mol. The van der Waals surface area contributed by atoms with E-state index in [4.69, 9.17) is 29.4 Å². The highest BCUT2D eigenvalue weighted by molar-refractivity contribution is 5.93. The first-order valence-corrected chi connectivity index (χ1v) is 14.5. The standard InChI is InChI=1S/C32H31FN6O4/c1-41-32(40)21-7-9-26-27(14-21)38(17-24-11-12-42-24)29(35-26)18-37-23-8-10-31(37)39(16-23)28-3-2-4-30(36-28)43-19-22-6-5-20(15-34)13-25(22)33/h2-7,9,13-14,23-24,31H,8,10-12,16-19H2,1H3/t23?,24-,31?/m0/s1. The van der Waals surface area contributed by atoms with E-state index in [-0.39, 0.29) is 30.4 Å². The number of nitrogens with zero attached hydrogens (tertiary/aromatic N) is 6. The van der Waals surface area contributed by atoms with Crippen LogP contribution in [0.2, 0.25) is 0 Å². The lowest BCUT2D eigenvalue weighted by Gasteiger charge is -2.30. The van der Waals surface area contributed by atoms with Crippen LogP contribution in [-0.2, 0) is 29.2 Å². The first-order valence-electron chi connectivity index (χ1n) is 14.5. The molecule has 0 saturated carbocycles. The van der Waals surface area contributed by atoms with Gasteiger partial charge in [-0.1, -0.05) is 12.1 Å². The molecule has 3 aliphatic heterocycles. The summed E-state index contributed by atoms with van der Waals surface area (Å²) in [6, 6.07) is 17.8. The molecule has 0 radical (unpaired) electrons. The second-order valence-corrected chi connectivity index (χ2v) is 11.2. The van der Waals surface area contributed by atoms with Gasteiger partial charge in [-0.2, -0.15) is 10.2 Å². The molecule has 0 aliphatic carbocycles. The molecule has 43 heavy (non-hydrogen) atoms. The second kappa shape index (κ2) is 11.3. The Morgan fingerprint density at radius 2 is 2.02 bits per heavy atom. The molecule has 0 N–H and O–H groups in total. The van der Waals surface area contributed by atoms with Gasteiger partial charge in [0.1, 0.15) is 24.1 Å². The summed E-state index contributed by atoms with van der Waals surface area (Å²) in [5.74, 6) is 1.33. The minimum absolute atomic E-state index is 0.0186. The van der Waals surface area contributed by atoms with Crippen LogP contribution in [0.25, 0.3) is 11.0 Å². The van der Waals surface area contributed by atoms with Crippen LogP contribution in [-0.4, -0.2) is 64.0 Å². The molecular formula is C32H31FN6O4. The van der Waals surface area contributed by atoms with E-state index in [1.54, 1.807) is 24.3 Å². The molecular weight excluding hydrogens is 551 g/mol. The maximum absolute atomic E-state index is 14.4. The largest absolute Gasteiger partial charge is 0.473 e. The van der Waals surface area contributed by atoms with E-state index >= 15 is 0 Å². The third-order valence-electron chi connectivity index (χ3n) is 8.69. The Morgan fingerprint density at radius 1 is 1.14 bits per heavy atom. The lowest BCUT2D eigenvalue weighted by Crippen LogP contribution is -2.37. The van der Waals surface area contributed by atoms with Gasteiger partial charge in [-0.15, -0.1) is 0 Å². The Morgan fingerprint density at radius 3 is 2.79 bits per heavy atom. The molecule has 3 saturated heterocycles. The molecule has 4 aromatic rings. The second-order valence-electron chi connectivity index (χ2n) is 11.2. The van der Waals surface area contributed by atoms with E-state index < -0.39 is 5.82 Å². The van der Waals surface area contributed by atoms with Gasteiger partial charge in [0, 0.05) is 30.8 Å². The van der Waals surface area contributed by atoms with Crippen LogP contribution >= 0.6 is 0 Å². The number of aromatic nitrogens is 3. The van der Waals surface area contributed by atoms with E-state index in [2.05, 4.69) is 14.4 Å². The van der Waals surface area contributed by atoms with Gasteiger partial charge in [-0.05, 0) is 55.7 Å². The zero-order valence-corrected chi connectivity index (χ0v) is 23.8. The molecule has 2 aromatic heterocycles. The minimum Gasteiger partial charge on any atom is -0.473 e. The Bertz CT molecular complexity index is 1730. The Labute approximate surface area is 248 Å². The molecule has 10 nitrogen and oxygen atoms in total. The third-order valence-corrected chi connectivity index (χ3v) is 8.69. The molecule has 2 unspecified atom stereocenters. The third kappa shape index (κ3) is 5.17. The smallest absolute Gasteiger partial charge is 0.337 e. The molecule has 11 heteroatoms. The number of nitriles is 1. The van der Waals surface area contributed by atoms with Gasteiger partial charge in [-0.25, -0.2) is 14.2 Å². The molecule has 3 atom stereocenters. The summed E-state index contributed by atoms with van der Waals surface area (Å²) in [6.07, 6.45) is 3.39. The van der Waals surface area contributed by atoms with Gasteiger partial charge >= 0.3 is 5.97 Å². The monoisotopic (exact) mass is 582 g/mol. The van der Waals surface area contributed by atoms with Crippen molar-refractivity contribution < 1.29 is 23.4 Å². The van der Waals surface area contributed by atoms with Crippen molar-refractivity contribution in [1.29, 1.82) is 5.26 Å². The van der Waals surface area contributed by atoms with Crippen LogP contribution < -0.4 is 9.64 Å². The predicted octanol–water partition coefficient (Wildman–Crippen LogP) is 4.41. The van der Waals surface area contributed by atoms with Crippen molar-refractivity contribution in [3.8, 4) is 11.9 Å². The van der Waals surface area contributed by atoms with Gasteiger partial charge < -0.3 is 23.7 Å². The highest BCUT2D eigenvalue weighted by Crippen LogP contribution is 2.39. The van der Waals surface area contributed by atoms with Crippen LogP contribution in [0.3, 0.4) is 0 Å². The van der Waals surface area contributed by atoms with Crippen LogP contribution in [0.5, 0.6) is 5.88 Å². The van der Waals surface area contributed by atoms with Crippen LogP contribution in [0.4, 0.5) is 10.2 Å². The molecule has 0 spiro atoms. The van der Waals surface area contributed by atoms with E-state index in [1.807, 2.05) is 30.3 Å². The number of anilines is 1. The zero-order chi connectivity index (χ0) is 29.5. The number of carbonyl (C=O) groups excluding carboxylic acids is 1. The van der Waals surface area contributed by atoms with Gasteiger partial charge in [0.05, 0.1) is 60.7 Å². The number of carbonyl (C=O) groups is 1. The van der Waals surface area contributed by atoms with Crippen molar-refractivity contribution in [3.05, 3.63) is 82.9 Å². The van der Waals surface area contributed by atoms with E-state index in [0.29, 0.717) is 36.1 Å². The number of pyridine rings is 1. The van der Waals surface area contributed by atoms with Crippen LogP contribution in [0.15, 0.2) is 54.6 Å². The summed E-state index contributed by atoms with van der Waals surface area (Å²) in [5.41, 5.74) is 2.89. The SMILES string of the molecule is COC(=O)c1ccc2nc(CN3C4CCC3N(c3cccc(OCc5ccc(C#N)cc5F)n3)C4)n(C[C@@H]3CCO3)c2c1. The first kappa shape index (κ1) is 27.3. The maximum Gasteiger partial charge on any atom is 0.337 e. The number of esters is 1. The van der Waals surface area contributed by atoms with E-state index in [9.17, 15) is 9.18 Å². The molecule has 3 aliphatic rings. The van der Waals surface area contributed by atoms with Crippen molar-refractivity contribution in [1.82, 2.24) is 19.4 Å². The summed E-state index contributed by atoms with van der Waals surface area (Å²) in [6.45, 7) is 2.97. The number of ether oxygens (including phenoxy) is 3. The molecule has 2 bridgehead atoms. The normalized spacial score (nSPS) is 21.1. The highest BCUT2D eigenvalue weighted by Gasteiger charge is 2.46. The zero-order valence-electron chi connectivity index (χ0n) is 23.8. The number of halogens is 1. The number of rotatable bonds is 9. The molecule has 220 valence electrons. The summed E-state index contributed by atoms with van der Waals surface area (Å²) >= 11 is 0. The van der Waals surface area contributed by atoms with Crippen molar-refractivity contribution in [2.45, 2.75) is 57.3 Å². The Balaban J connectivity index is 1.10. The van der Waals surface area contributed by atoms with E-state index in [1.165, 1.54) is 13.2 Å². The van der Waals surface area contributed by atoms with Crippen molar-refractivity contribution >= 4 is 22.8 Å². The fourth-order valence-corrected chi connectivity index (χ4v) is 6.34. The first-order chi connectivity index (χ1) is 21.0. The van der Waals surface area contributed by atoms with E-state index in [0.717, 1.165) is 55.1 Å². The van der Waals surface area contributed by atoms with Gasteiger partial charge in [-0.3, -0.25) is 4.90 Å². The van der Waals surface area contributed by atoms with Crippen molar-refractivity contribution in [3.63, 3.8) is 0 Å². The number of benzene rings is 2. The average Bonchev–Trinajstić information content (AvgIpc) is 3.68. The number of methoxy groups -OCH3 is 1. The Hall–Kier alpha value is -4.53. The molecule has 3 fully saturated rings. The number of piperidine rings is 1. The topological polar surface area (TPSA) is 106 Å². The number of fused-ring (bicyclic) bond motifs is 3. The van der Waals surface area contributed by atoms with Crippen LogP contribution in [0, 0.1) is 17.1 Å². The van der Waals surface area contributed by atoms with Gasteiger partial charge in [0.15, 0.2) is 0 Å². The summed E-state index contributed by atoms with van der Waals surface area (Å²) in [4.78, 5) is 26.8. The fraction of sp³-hybridized carbons (Fsp3) is 0.375. The summed E-state index contributed by atoms with van der Waals surface area (Å²) in [5, 5.41) is 8.98. The van der Waals surface area contributed by atoms with Gasteiger partial charge in [0.2, 0.25) is 5.88 Å². The number of hydrogen-bond acceptors (Lipinski definition) is 9. The fourth-order valence-electron chi connectivity index (χ4n) is 6.34. The lowest BCUT2D eigenvalue weighted by molar-refractivity contribution is -0.0592. The molecule has 5 heterocycles. The van der Waals surface area contributed by atoms with Crippen LogP contribution in [0.1, 0.15) is 46.6 Å². The maximum atomic E-state index is 14.4. The Kier molecular flexibility index (Phi) is 7.16. The quantitative estimate of drug-likeness (QED) is 0.266. The van der Waals surface area contributed by atoms with Crippen molar-refractivity contribution in [2.24, 2.45) is 0 Å². The minimum atomic E-state index is -0.473. The molecule has 2 aromatic carbocycles.